The average molecular weight is 529 g/mol. The molecule has 10 heteroatoms. The number of fused-ring (bicyclic) bond motifs is 1. The number of rotatable bonds is 8. The quantitative estimate of drug-likeness (QED) is 0.234. The summed E-state index contributed by atoms with van der Waals surface area (Å²) in [6.45, 7) is 0. The number of imidazole rings is 1. The van der Waals surface area contributed by atoms with Crippen molar-refractivity contribution in [1.29, 1.82) is 0 Å². The standard InChI is InChI=1S/C28H24N4O5S/c1-35-23-12-18(13-24(36-2)25(23)37-3)28(34)30-20-8-9-21-22(14-20)32-26(31-21)16-4-6-19(7-5-16)29-27(33)17-10-11-38-15-17/h4-15H,1-3H3,(H,29,33)(H,30,34)(H,31,32). The molecule has 38 heavy (non-hydrogen) atoms. The van der Waals surface area contributed by atoms with Crippen molar-refractivity contribution in [3.8, 4) is 28.6 Å². The first-order valence-corrected chi connectivity index (χ1v) is 12.5. The van der Waals surface area contributed by atoms with Gasteiger partial charge in [-0.25, -0.2) is 4.98 Å². The zero-order valence-electron chi connectivity index (χ0n) is 20.8. The fraction of sp³-hybridized carbons (Fsp3) is 0.107. The van der Waals surface area contributed by atoms with E-state index in [2.05, 4.69) is 20.6 Å². The van der Waals surface area contributed by atoms with E-state index in [1.54, 1.807) is 29.6 Å². The molecule has 0 aliphatic carbocycles. The molecule has 9 nitrogen and oxygen atoms in total. The second-order valence-electron chi connectivity index (χ2n) is 8.23. The summed E-state index contributed by atoms with van der Waals surface area (Å²) in [5, 5.41) is 9.45. The van der Waals surface area contributed by atoms with Crippen LogP contribution in [0.3, 0.4) is 0 Å². The second-order valence-corrected chi connectivity index (χ2v) is 9.01. The van der Waals surface area contributed by atoms with Crippen LogP contribution < -0.4 is 24.8 Å². The van der Waals surface area contributed by atoms with E-state index in [1.165, 1.54) is 32.7 Å². The molecule has 5 rings (SSSR count). The molecule has 0 fully saturated rings. The van der Waals surface area contributed by atoms with Gasteiger partial charge >= 0.3 is 0 Å². The summed E-state index contributed by atoms with van der Waals surface area (Å²) in [5.41, 5.74) is 4.65. The Balaban J connectivity index is 1.32. The third-order valence-electron chi connectivity index (χ3n) is 5.87. The molecule has 0 saturated heterocycles. The number of H-pyrrole nitrogens is 1. The average Bonchev–Trinajstić information content (AvgIpc) is 3.63. The highest BCUT2D eigenvalue weighted by Gasteiger charge is 2.17. The van der Waals surface area contributed by atoms with Crippen molar-refractivity contribution in [3.05, 3.63) is 82.6 Å². The monoisotopic (exact) mass is 528 g/mol. The minimum atomic E-state index is -0.330. The lowest BCUT2D eigenvalue weighted by Crippen LogP contribution is -2.12. The number of methoxy groups -OCH3 is 3. The molecule has 0 unspecified atom stereocenters. The first kappa shape index (κ1) is 24.8. The van der Waals surface area contributed by atoms with Crippen molar-refractivity contribution in [3.63, 3.8) is 0 Å². The van der Waals surface area contributed by atoms with E-state index in [0.717, 1.165) is 16.6 Å². The van der Waals surface area contributed by atoms with E-state index in [-0.39, 0.29) is 11.8 Å². The number of nitrogens with zero attached hydrogens (tertiary/aromatic N) is 1. The van der Waals surface area contributed by atoms with Crippen molar-refractivity contribution < 1.29 is 23.8 Å². The highest BCUT2D eigenvalue weighted by molar-refractivity contribution is 7.08. The van der Waals surface area contributed by atoms with Gasteiger partial charge in [0, 0.05) is 27.9 Å². The summed E-state index contributed by atoms with van der Waals surface area (Å²) >= 11 is 1.48. The lowest BCUT2D eigenvalue weighted by atomic mass is 10.1. The smallest absolute Gasteiger partial charge is 0.256 e. The van der Waals surface area contributed by atoms with Gasteiger partial charge in [0.05, 0.1) is 37.9 Å². The summed E-state index contributed by atoms with van der Waals surface area (Å²) in [6.07, 6.45) is 0. The summed E-state index contributed by atoms with van der Waals surface area (Å²) in [6, 6.07) is 17.8. The fourth-order valence-electron chi connectivity index (χ4n) is 3.95. The van der Waals surface area contributed by atoms with Crippen LogP contribution in [0.4, 0.5) is 11.4 Å². The lowest BCUT2D eigenvalue weighted by molar-refractivity contribution is 0.101. The van der Waals surface area contributed by atoms with Crippen molar-refractivity contribution in [1.82, 2.24) is 9.97 Å². The number of aromatic amines is 1. The van der Waals surface area contributed by atoms with Crippen molar-refractivity contribution >= 4 is 45.6 Å². The fourth-order valence-corrected chi connectivity index (χ4v) is 4.58. The van der Waals surface area contributed by atoms with E-state index in [4.69, 9.17) is 14.2 Å². The molecule has 2 heterocycles. The SMILES string of the molecule is COc1cc(C(=O)Nc2ccc3nc(-c4ccc(NC(=O)c5ccsc5)cc4)[nH]c3c2)cc(OC)c1OC. The number of hydrogen-bond acceptors (Lipinski definition) is 7. The first-order valence-electron chi connectivity index (χ1n) is 11.5. The molecular weight excluding hydrogens is 504 g/mol. The molecule has 0 aliphatic rings. The number of amides is 2. The van der Waals surface area contributed by atoms with Crippen LogP contribution in [0.2, 0.25) is 0 Å². The van der Waals surface area contributed by atoms with E-state index in [9.17, 15) is 9.59 Å². The Bertz CT molecular complexity index is 1590. The number of aromatic nitrogens is 2. The van der Waals surface area contributed by atoms with Gasteiger partial charge in [0.25, 0.3) is 11.8 Å². The highest BCUT2D eigenvalue weighted by Crippen LogP contribution is 2.38. The Labute approximate surface area is 222 Å². The molecule has 0 atom stereocenters. The number of benzene rings is 3. The van der Waals surface area contributed by atoms with Gasteiger partial charge in [-0.3, -0.25) is 9.59 Å². The molecular formula is C28H24N4O5S. The van der Waals surface area contributed by atoms with Crippen LogP contribution in [0.5, 0.6) is 17.2 Å². The van der Waals surface area contributed by atoms with Gasteiger partial charge in [-0.15, -0.1) is 0 Å². The molecule has 0 aliphatic heterocycles. The predicted molar refractivity (Wildman–Crippen MR) is 148 cm³/mol. The molecule has 0 spiro atoms. The van der Waals surface area contributed by atoms with Crippen molar-refractivity contribution in [2.24, 2.45) is 0 Å². The molecule has 192 valence electrons. The van der Waals surface area contributed by atoms with Gasteiger partial charge in [-0.1, -0.05) is 0 Å². The topological polar surface area (TPSA) is 115 Å². The molecule has 3 N–H and O–H groups in total. The zero-order valence-corrected chi connectivity index (χ0v) is 21.6. The van der Waals surface area contributed by atoms with Crippen LogP contribution in [0.1, 0.15) is 20.7 Å². The maximum absolute atomic E-state index is 13.0. The summed E-state index contributed by atoms with van der Waals surface area (Å²) in [5.74, 6) is 1.39. The van der Waals surface area contributed by atoms with E-state index >= 15 is 0 Å². The lowest BCUT2D eigenvalue weighted by Gasteiger charge is -2.14. The second kappa shape index (κ2) is 10.7. The predicted octanol–water partition coefficient (Wildman–Crippen LogP) is 5.82. The van der Waals surface area contributed by atoms with Crippen LogP contribution in [-0.2, 0) is 0 Å². The van der Waals surface area contributed by atoms with Gasteiger partial charge in [0.1, 0.15) is 5.82 Å². The summed E-state index contributed by atoms with van der Waals surface area (Å²) in [7, 11) is 4.50. The summed E-state index contributed by atoms with van der Waals surface area (Å²) < 4.78 is 16.0. The van der Waals surface area contributed by atoms with Crippen LogP contribution >= 0.6 is 11.3 Å². The van der Waals surface area contributed by atoms with Gasteiger partial charge in [-0.2, -0.15) is 11.3 Å². The number of anilines is 2. The highest BCUT2D eigenvalue weighted by atomic mass is 32.1. The number of carbonyl (C=O) groups excluding carboxylic acids is 2. The third-order valence-corrected chi connectivity index (χ3v) is 6.55. The Kier molecular flexibility index (Phi) is 6.96. The Morgan fingerprint density at radius 3 is 2.08 bits per heavy atom. The van der Waals surface area contributed by atoms with Gasteiger partial charge < -0.3 is 29.8 Å². The maximum atomic E-state index is 13.0. The van der Waals surface area contributed by atoms with Crippen LogP contribution in [0.25, 0.3) is 22.4 Å². The van der Waals surface area contributed by atoms with Crippen molar-refractivity contribution in [2.75, 3.05) is 32.0 Å². The van der Waals surface area contributed by atoms with E-state index < -0.39 is 0 Å². The van der Waals surface area contributed by atoms with E-state index in [1.807, 2.05) is 41.8 Å². The number of ether oxygens (including phenoxy) is 3. The largest absolute Gasteiger partial charge is 0.493 e. The maximum Gasteiger partial charge on any atom is 0.256 e. The third kappa shape index (κ3) is 5.02. The van der Waals surface area contributed by atoms with E-state index in [0.29, 0.717) is 45.6 Å². The normalized spacial score (nSPS) is 10.7. The van der Waals surface area contributed by atoms with Crippen LogP contribution in [0, 0.1) is 0 Å². The van der Waals surface area contributed by atoms with Gasteiger partial charge in [-0.05, 0) is 66.0 Å². The Morgan fingerprint density at radius 1 is 0.789 bits per heavy atom. The summed E-state index contributed by atoms with van der Waals surface area (Å²) in [4.78, 5) is 33.2. The number of carbonyl (C=O) groups is 2. The minimum Gasteiger partial charge on any atom is -0.493 e. The van der Waals surface area contributed by atoms with Gasteiger partial charge in [0.2, 0.25) is 5.75 Å². The first-order chi connectivity index (χ1) is 18.5. The molecule has 0 bridgehead atoms. The number of nitrogens with one attached hydrogen (secondary N) is 3. The van der Waals surface area contributed by atoms with Crippen LogP contribution in [-0.4, -0.2) is 43.1 Å². The Hall–Kier alpha value is -4.83. The van der Waals surface area contributed by atoms with Gasteiger partial charge in [0.15, 0.2) is 11.5 Å². The molecule has 0 radical (unpaired) electrons. The van der Waals surface area contributed by atoms with Crippen molar-refractivity contribution in [2.45, 2.75) is 0 Å². The number of thiophene rings is 1. The molecule has 2 amide bonds. The Morgan fingerprint density at radius 2 is 1.45 bits per heavy atom. The molecule has 3 aromatic carbocycles. The molecule has 0 saturated carbocycles. The molecule has 2 aromatic heterocycles. The minimum absolute atomic E-state index is 0.149. The van der Waals surface area contributed by atoms with Crippen LogP contribution in [0.15, 0.2) is 71.4 Å². The molecule has 5 aromatic rings. The zero-order chi connectivity index (χ0) is 26.6. The number of hydrogen-bond donors (Lipinski definition) is 3.